The van der Waals surface area contributed by atoms with Crippen molar-refractivity contribution in [1.82, 2.24) is 15.4 Å². The Labute approximate surface area is 119 Å². The molecule has 21 heavy (non-hydrogen) atoms. The maximum atomic E-state index is 13.3. The van der Waals surface area contributed by atoms with Gasteiger partial charge in [0.15, 0.2) is 0 Å². The highest BCUT2D eigenvalue weighted by Gasteiger charge is 2.17. The van der Waals surface area contributed by atoms with Gasteiger partial charge < -0.3 is 0 Å². The van der Waals surface area contributed by atoms with Gasteiger partial charge >= 0.3 is 0 Å². The van der Waals surface area contributed by atoms with Crippen molar-refractivity contribution in [2.24, 2.45) is 5.84 Å². The van der Waals surface area contributed by atoms with Gasteiger partial charge in [0, 0.05) is 6.07 Å². The number of halogens is 2. The Bertz CT molecular complexity index is 771. The Morgan fingerprint density at radius 1 is 1.00 bits per heavy atom. The zero-order valence-corrected chi connectivity index (χ0v) is 10.9. The molecule has 0 saturated heterocycles. The van der Waals surface area contributed by atoms with Crippen molar-refractivity contribution in [3.63, 3.8) is 0 Å². The van der Waals surface area contributed by atoms with Crippen LogP contribution in [0, 0.1) is 11.6 Å². The van der Waals surface area contributed by atoms with E-state index in [2.05, 4.69) is 15.4 Å². The molecule has 1 aromatic heterocycles. The standard InChI is InChI=1S/C15H12F2N4/c16-10-5-9(6-11(17)7-10)15(21-18)14-8-19-12-3-1-2-4-13(12)20-14/h1-8,15,21H,18H2. The van der Waals surface area contributed by atoms with Crippen molar-refractivity contribution in [1.29, 1.82) is 0 Å². The van der Waals surface area contributed by atoms with E-state index in [9.17, 15) is 8.78 Å². The second-order valence-electron chi connectivity index (χ2n) is 4.59. The Kier molecular flexibility index (Phi) is 3.55. The van der Waals surface area contributed by atoms with Crippen LogP contribution in [0.25, 0.3) is 11.0 Å². The first-order valence-electron chi connectivity index (χ1n) is 6.31. The van der Waals surface area contributed by atoms with Gasteiger partial charge in [-0.3, -0.25) is 10.8 Å². The summed E-state index contributed by atoms with van der Waals surface area (Å²) in [6.45, 7) is 0. The van der Waals surface area contributed by atoms with E-state index in [4.69, 9.17) is 5.84 Å². The first-order chi connectivity index (χ1) is 10.2. The van der Waals surface area contributed by atoms with Gasteiger partial charge in [0.1, 0.15) is 11.6 Å². The molecule has 0 fully saturated rings. The zero-order valence-electron chi connectivity index (χ0n) is 10.9. The van der Waals surface area contributed by atoms with Crippen LogP contribution in [0.1, 0.15) is 17.3 Å². The van der Waals surface area contributed by atoms with Crippen molar-refractivity contribution in [2.45, 2.75) is 6.04 Å². The third kappa shape index (κ3) is 2.72. The van der Waals surface area contributed by atoms with E-state index in [1.807, 2.05) is 24.3 Å². The lowest BCUT2D eigenvalue weighted by Gasteiger charge is -2.16. The summed E-state index contributed by atoms with van der Waals surface area (Å²) in [7, 11) is 0. The van der Waals surface area contributed by atoms with Crippen LogP contribution in [0.4, 0.5) is 8.78 Å². The molecule has 2 aromatic carbocycles. The summed E-state index contributed by atoms with van der Waals surface area (Å²) in [4.78, 5) is 8.71. The molecule has 6 heteroatoms. The number of hydrogen-bond donors (Lipinski definition) is 2. The molecule has 3 N–H and O–H groups in total. The average molecular weight is 286 g/mol. The van der Waals surface area contributed by atoms with Crippen LogP contribution in [0.5, 0.6) is 0 Å². The predicted molar refractivity (Wildman–Crippen MR) is 75.1 cm³/mol. The van der Waals surface area contributed by atoms with Crippen molar-refractivity contribution in [3.8, 4) is 0 Å². The summed E-state index contributed by atoms with van der Waals surface area (Å²) in [5.74, 6) is 4.18. The molecule has 0 aliphatic heterocycles. The van der Waals surface area contributed by atoms with E-state index in [1.54, 1.807) is 0 Å². The Morgan fingerprint density at radius 2 is 1.67 bits per heavy atom. The highest BCUT2D eigenvalue weighted by Crippen LogP contribution is 2.22. The SMILES string of the molecule is NNC(c1cc(F)cc(F)c1)c1cnc2ccccc2n1. The Balaban J connectivity index is 2.08. The summed E-state index contributed by atoms with van der Waals surface area (Å²) in [5.41, 5.74) is 4.78. The number of para-hydroxylation sites is 2. The predicted octanol–water partition coefficient (Wildman–Crippen LogP) is 2.46. The topological polar surface area (TPSA) is 63.8 Å². The molecule has 106 valence electrons. The smallest absolute Gasteiger partial charge is 0.126 e. The Morgan fingerprint density at radius 3 is 2.33 bits per heavy atom. The lowest BCUT2D eigenvalue weighted by molar-refractivity contribution is 0.562. The quantitative estimate of drug-likeness (QED) is 0.573. The molecule has 0 saturated carbocycles. The largest absolute Gasteiger partial charge is 0.271 e. The lowest BCUT2D eigenvalue weighted by atomic mass is 10.0. The fourth-order valence-corrected chi connectivity index (χ4v) is 2.20. The number of nitrogens with zero attached hydrogens (tertiary/aromatic N) is 2. The molecular weight excluding hydrogens is 274 g/mol. The molecule has 0 aliphatic rings. The van der Waals surface area contributed by atoms with E-state index < -0.39 is 17.7 Å². The maximum absolute atomic E-state index is 13.3. The molecule has 0 bridgehead atoms. The average Bonchev–Trinajstić information content (AvgIpc) is 2.47. The van der Waals surface area contributed by atoms with Gasteiger partial charge in [0.25, 0.3) is 0 Å². The van der Waals surface area contributed by atoms with Gasteiger partial charge in [0.2, 0.25) is 0 Å². The number of nitrogens with two attached hydrogens (primary N) is 1. The summed E-state index contributed by atoms with van der Waals surface area (Å²) < 4.78 is 26.7. The molecule has 1 atom stereocenters. The minimum absolute atomic E-state index is 0.347. The molecule has 0 radical (unpaired) electrons. The number of hydrogen-bond acceptors (Lipinski definition) is 4. The van der Waals surface area contributed by atoms with Crippen LogP contribution in [0.2, 0.25) is 0 Å². The number of benzene rings is 2. The van der Waals surface area contributed by atoms with Crippen molar-refractivity contribution < 1.29 is 8.78 Å². The third-order valence-corrected chi connectivity index (χ3v) is 3.15. The highest BCUT2D eigenvalue weighted by molar-refractivity contribution is 5.73. The summed E-state index contributed by atoms with van der Waals surface area (Å²) in [5, 5.41) is 0. The normalized spacial score (nSPS) is 12.5. The molecular formula is C15H12F2N4. The van der Waals surface area contributed by atoms with Crippen LogP contribution in [0.3, 0.4) is 0 Å². The molecule has 1 unspecified atom stereocenters. The van der Waals surface area contributed by atoms with Crippen LogP contribution in [-0.2, 0) is 0 Å². The minimum atomic E-state index is -0.668. The van der Waals surface area contributed by atoms with E-state index in [0.717, 1.165) is 11.6 Å². The highest BCUT2D eigenvalue weighted by atomic mass is 19.1. The van der Waals surface area contributed by atoms with E-state index in [1.165, 1.54) is 18.3 Å². The summed E-state index contributed by atoms with van der Waals surface area (Å²) in [6, 6.07) is 9.93. The van der Waals surface area contributed by atoms with Gasteiger partial charge in [-0.05, 0) is 29.8 Å². The van der Waals surface area contributed by atoms with Crippen molar-refractivity contribution in [3.05, 3.63) is 71.6 Å². The van der Waals surface area contributed by atoms with Crippen molar-refractivity contribution >= 4 is 11.0 Å². The zero-order chi connectivity index (χ0) is 14.8. The van der Waals surface area contributed by atoms with E-state index >= 15 is 0 Å². The maximum Gasteiger partial charge on any atom is 0.126 e. The van der Waals surface area contributed by atoms with Crippen LogP contribution in [0.15, 0.2) is 48.7 Å². The first kappa shape index (κ1) is 13.5. The molecule has 0 amide bonds. The number of rotatable bonds is 3. The molecule has 0 aliphatic carbocycles. The van der Waals surface area contributed by atoms with Gasteiger partial charge in [-0.15, -0.1) is 0 Å². The molecule has 1 heterocycles. The van der Waals surface area contributed by atoms with Gasteiger partial charge in [0.05, 0.1) is 29.0 Å². The number of aromatic nitrogens is 2. The van der Waals surface area contributed by atoms with Crippen LogP contribution in [-0.4, -0.2) is 9.97 Å². The second-order valence-corrected chi connectivity index (χ2v) is 4.59. The van der Waals surface area contributed by atoms with Gasteiger partial charge in [-0.1, -0.05) is 12.1 Å². The number of fused-ring (bicyclic) bond motifs is 1. The van der Waals surface area contributed by atoms with Crippen LogP contribution >= 0.6 is 0 Å². The molecule has 3 rings (SSSR count). The van der Waals surface area contributed by atoms with E-state index in [-0.39, 0.29) is 0 Å². The third-order valence-electron chi connectivity index (χ3n) is 3.15. The fraction of sp³-hybridized carbons (Fsp3) is 0.0667. The van der Waals surface area contributed by atoms with E-state index in [0.29, 0.717) is 16.8 Å². The molecule has 4 nitrogen and oxygen atoms in total. The fourth-order valence-electron chi connectivity index (χ4n) is 2.20. The summed E-state index contributed by atoms with van der Waals surface area (Å²) >= 11 is 0. The second kappa shape index (κ2) is 5.51. The minimum Gasteiger partial charge on any atom is -0.271 e. The van der Waals surface area contributed by atoms with Crippen molar-refractivity contribution in [2.75, 3.05) is 0 Å². The lowest BCUT2D eigenvalue weighted by Crippen LogP contribution is -2.29. The molecule has 3 aromatic rings. The van der Waals surface area contributed by atoms with Gasteiger partial charge in [-0.25, -0.2) is 19.2 Å². The first-order valence-corrected chi connectivity index (χ1v) is 6.31. The van der Waals surface area contributed by atoms with Crippen LogP contribution < -0.4 is 11.3 Å². The van der Waals surface area contributed by atoms with Gasteiger partial charge in [-0.2, -0.15) is 0 Å². The molecule has 0 spiro atoms. The monoisotopic (exact) mass is 286 g/mol. The number of hydrazine groups is 1. The Hall–Kier alpha value is -2.44. The number of nitrogens with one attached hydrogen (secondary N) is 1. The summed E-state index contributed by atoms with van der Waals surface area (Å²) in [6.07, 6.45) is 1.54.